The topological polar surface area (TPSA) is 73.5 Å². The summed E-state index contributed by atoms with van der Waals surface area (Å²) in [4.78, 5) is 9.16. The van der Waals surface area contributed by atoms with Gasteiger partial charge in [0.2, 0.25) is 5.95 Å². The van der Waals surface area contributed by atoms with Crippen molar-refractivity contribution in [2.45, 2.75) is 25.4 Å². The molecule has 3 aromatic heterocycles. The first-order chi connectivity index (χ1) is 15.3. The molecule has 0 unspecified atom stereocenters. The van der Waals surface area contributed by atoms with Crippen LogP contribution in [0.1, 0.15) is 28.1 Å². The molecule has 0 atom stereocenters. The Balaban J connectivity index is 1.53. The highest BCUT2D eigenvalue weighted by molar-refractivity contribution is 5.72. The average Bonchev–Trinajstić information content (AvgIpc) is 3.30. The lowest BCUT2D eigenvalue weighted by atomic mass is 9.91. The number of benzene rings is 1. The minimum atomic E-state index is -4.38. The fourth-order valence-corrected chi connectivity index (χ4v) is 4.06. The molecule has 0 amide bonds. The Morgan fingerprint density at radius 2 is 1.97 bits per heavy atom. The van der Waals surface area contributed by atoms with E-state index in [2.05, 4.69) is 20.5 Å². The zero-order valence-corrected chi connectivity index (χ0v) is 17.5. The van der Waals surface area contributed by atoms with E-state index >= 15 is 0 Å². The summed E-state index contributed by atoms with van der Waals surface area (Å²) in [6, 6.07) is 5.42. The van der Waals surface area contributed by atoms with Gasteiger partial charge in [-0.15, -0.1) is 0 Å². The Hall–Kier alpha value is -3.69. The van der Waals surface area contributed by atoms with E-state index < -0.39 is 11.7 Å². The number of alkyl halides is 3. The van der Waals surface area contributed by atoms with Crippen molar-refractivity contribution in [3.63, 3.8) is 0 Å². The molecular formula is C22H20F3N7. The second kappa shape index (κ2) is 7.47. The number of aryl methyl sites for hydroxylation is 4. The summed E-state index contributed by atoms with van der Waals surface area (Å²) in [7, 11) is 3.64. The van der Waals surface area contributed by atoms with E-state index in [0.717, 1.165) is 52.8 Å². The van der Waals surface area contributed by atoms with E-state index in [0.29, 0.717) is 17.9 Å². The highest BCUT2D eigenvalue weighted by Gasteiger charge is 2.31. The molecule has 0 aliphatic heterocycles. The third kappa shape index (κ3) is 3.72. The van der Waals surface area contributed by atoms with Gasteiger partial charge < -0.3 is 5.32 Å². The summed E-state index contributed by atoms with van der Waals surface area (Å²) >= 11 is 0. The molecule has 32 heavy (non-hydrogen) atoms. The van der Waals surface area contributed by atoms with Gasteiger partial charge in [0.15, 0.2) is 0 Å². The monoisotopic (exact) mass is 439 g/mol. The van der Waals surface area contributed by atoms with Gasteiger partial charge in [0, 0.05) is 38.5 Å². The first-order valence-electron chi connectivity index (χ1n) is 10.1. The van der Waals surface area contributed by atoms with Crippen LogP contribution in [0.2, 0.25) is 0 Å². The van der Waals surface area contributed by atoms with Gasteiger partial charge in [0.25, 0.3) is 0 Å². The molecular weight excluding hydrogens is 419 g/mol. The average molecular weight is 439 g/mol. The molecule has 164 valence electrons. The normalized spacial score (nSPS) is 13.0. The number of nitrogens with one attached hydrogen (secondary N) is 1. The van der Waals surface area contributed by atoms with Gasteiger partial charge >= 0.3 is 6.18 Å². The van der Waals surface area contributed by atoms with E-state index in [1.54, 1.807) is 27.8 Å². The van der Waals surface area contributed by atoms with Gasteiger partial charge in [0.1, 0.15) is 0 Å². The van der Waals surface area contributed by atoms with Crippen molar-refractivity contribution < 1.29 is 13.2 Å². The standard InChI is InChI=1S/C22H20F3N7/c1-31-12-16(11-27-31)28-21-26-10-14-6-7-17-19(20(14)29-21)18(32(2)30-17)9-13-4-3-5-15(8-13)22(23,24)25/h3-5,8,10-12H,6-7,9H2,1-2H3,(H,26,28,29). The number of hydrogen-bond donors (Lipinski definition) is 1. The first kappa shape index (κ1) is 20.2. The van der Waals surface area contributed by atoms with Gasteiger partial charge in [-0.3, -0.25) is 9.36 Å². The summed E-state index contributed by atoms with van der Waals surface area (Å²) < 4.78 is 42.9. The lowest BCUT2D eigenvalue weighted by Crippen LogP contribution is -2.09. The number of hydrogen-bond acceptors (Lipinski definition) is 5. The van der Waals surface area contributed by atoms with Crippen LogP contribution < -0.4 is 5.32 Å². The van der Waals surface area contributed by atoms with Crippen molar-refractivity contribution in [3.8, 4) is 11.3 Å². The van der Waals surface area contributed by atoms with Crippen molar-refractivity contribution in [2.75, 3.05) is 5.32 Å². The van der Waals surface area contributed by atoms with E-state index in [4.69, 9.17) is 4.98 Å². The molecule has 0 fully saturated rings. The first-order valence-corrected chi connectivity index (χ1v) is 10.1. The van der Waals surface area contributed by atoms with Crippen molar-refractivity contribution in [3.05, 3.63) is 70.9 Å². The van der Waals surface area contributed by atoms with Gasteiger partial charge in [-0.05, 0) is 30.0 Å². The predicted molar refractivity (Wildman–Crippen MR) is 112 cm³/mol. The number of rotatable bonds is 4. The molecule has 5 rings (SSSR count). The summed E-state index contributed by atoms with van der Waals surface area (Å²) in [5.41, 5.74) is 5.04. The minimum absolute atomic E-state index is 0.317. The van der Waals surface area contributed by atoms with E-state index in [1.807, 2.05) is 20.3 Å². The number of halogens is 3. The zero-order chi connectivity index (χ0) is 22.5. The SMILES string of the molecule is Cn1cc(Nc2ncc3c(n2)-c2c(nn(C)c2Cc2cccc(C(F)(F)F)c2)CC3)cn1. The molecule has 0 saturated carbocycles. The number of anilines is 2. The molecule has 3 heterocycles. The Morgan fingerprint density at radius 3 is 2.72 bits per heavy atom. The Morgan fingerprint density at radius 1 is 1.12 bits per heavy atom. The van der Waals surface area contributed by atoms with Crippen LogP contribution in [0.5, 0.6) is 0 Å². The molecule has 1 aromatic carbocycles. The molecule has 1 N–H and O–H groups in total. The molecule has 1 aliphatic carbocycles. The fourth-order valence-electron chi connectivity index (χ4n) is 4.06. The maximum absolute atomic E-state index is 13.2. The smallest absolute Gasteiger partial charge is 0.321 e. The Bertz CT molecular complexity index is 1300. The number of nitrogens with zero attached hydrogens (tertiary/aromatic N) is 6. The summed E-state index contributed by atoms with van der Waals surface area (Å²) in [5, 5.41) is 11.9. The van der Waals surface area contributed by atoms with Crippen LogP contribution in [0.25, 0.3) is 11.3 Å². The summed E-state index contributed by atoms with van der Waals surface area (Å²) in [6.45, 7) is 0. The summed E-state index contributed by atoms with van der Waals surface area (Å²) in [5.74, 6) is 0.429. The molecule has 0 spiro atoms. The molecule has 0 radical (unpaired) electrons. The minimum Gasteiger partial charge on any atom is -0.321 e. The molecule has 7 nitrogen and oxygen atoms in total. The second-order valence-electron chi connectivity index (χ2n) is 7.86. The van der Waals surface area contributed by atoms with Gasteiger partial charge in [-0.2, -0.15) is 23.4 Å². The van der Waals surface area contributed by atoms with Crippen LogP contribution in [0.4, 0.5) is 24.8 Å². The van der Waals surface area contributed by atoms with Crippen molar-refractivity contribution in [1.29, 1.82) is 0 Å². The number of fused-ring (bicyclic) bond motifs is 3. The van der Waals surface area contributed by atoms with Crippen molar-refractivity contribution >= 4 is 11.6 Å². The molecule has 0 saturated heterocycles. The van der Waals surface area contributed by atoms with Gasteiger partial charge in [0.05, 0.1) is 34.5 Å². The van der Waals surface area contributed by atoms with Gasteiger partial charge in [-0.25, -0.2) is 9.97 Å². The number of aromatic nitrogens is 6. The predicted octanol–water partition coefficient (Wildman–Crippen LogP) is 4.06. The lowest BCUT2D eigenvalue weighted by molar-refractivity contribution is -0.137. The van der Waals surface area contributed by atoms with E-state index in [1.165, 1.54) is 12.1 Å². The Kier molecular flexibility index (Phi) is 4.72. The van der Waals surface area contributed by atoms with Crippen LogP contribution >= 0.6 is 0 Å². The van der Waals surface area contributed by atoms with Crippen LogP contribution in [0, 0.1) is 0 Å². The maximum Gasteiger partial charge on any atom is 0.416 e. The largest absolute Gasteiger partial charge is 0.416 e. The van der Waals surface area contributed by atoms with Crippen molar-refractivity contribution in [2.24, 2.45) is 14.1 Å². The zero-order valence-electron chi connectivity index (χ0n) is 17.5. The summed E-state index contributed by atoms with van der Waals surface area (Å²) in [6.07, 6.45) is 2.72. The highest BCUT2D eigenvalue weighted by Crippen LogP contribution is 2.36. The molecule has 0 bridgehead atoms. The molecule has 1 aliphatic rings. The third-order valence-electron chi connectivity index (χ3n) is 5.56. The van der Waals surface area contributed by atoms with Gasteiger partial charge in [-0.1, -0.05) is 18.2 Å². The molecule has 4 aromatic rings. The highest BCUT2D eigenvalue weighted by atomic mass is 19.4. The van der Waals surface area contributed by atoms with Crippen LogP contribution in [0.3, 0.4) is 0 Å². The molecule has 10 heteroatoms. The quantitative estimate of drug-likeness (QED) is 0.519. The van der Waals surface area contributed by atoms with E-state index in [-0.39, 0.29) is 0 Å². The van der Waals surface area contributed by atoms with E-state index in [9.17, 15) is 13.2 Å². The fraction of sp³-hybridized carbons (Fsp3) is 0.273. The van der Waals surface area contributed by atoms with Crippen LogP contribution in [0.15, 0.2) is 42.9 Å². The van der Waals surface area contributed by atoms with Crippen LogP contribution in [-0.4, -0.2) is 29.5 Å². The lowest BCUT2D eigenvalue weighted by Gasteiger charge is -2.17. The Labute approximate surface area is 181 Å². The third-order valence-corrected chi connectivity index (χ3v) is 5.56. The second-order valence-corrected chi connectivity index (χ2v) is 7.86. The van der Waals surface area contributed by atoms with Crippen LogP contribution in [-0.2, 0) is 39.5 Å². The van der Waals surface area contributed by atoms with Crippen molar-refractivity contribution in [1.82, 2.24) is 29.5 Å². The maximum atomic E-state index is 13.2.